The second-order valence-corrected chi connectivity index (χ2v) is 8.58. The summed E-state index contributed by atoms with van der Waals surface area (Å²) in [5, 5.41) is 6.21. The minimum absolute atomic E-state index is 0.0971. The summed E-state index contributed by atoms with van der Waals surface area (Å²) < 4.78 is 0. The largest absolute Gasteiger partial charge is 0.326 e. The molecule has 2 aromatic carbocycles. The van der Waals surface area contributed by atoms with Crippen LogP contribution in [-0.4, -0.2) is 22.6 Å². The zero-order valence-corrected chi connectivity index (χ0v) is 17.5. The average molecular weight is 412 g/mol. The highest BCUT2D eigenvalue weighted by molar-refractivity contribution is 8.00. The number of aromatic nitrogens is 1. The molecule has 2 N–H and O–H groups in total. The number of thioether (sulfide) groups is 1. The Labute approximate surface area is 172 Å². The van der Waals surface area contributed by atoms with Crippen LogP contribution in [0.1, 0.15) is 17.4 Å². The summed E-state index contributed by atoms with van der Waals surface area (Å²) in [6.07, 6.45) is 0. The van der Waals surface area contributed by atoms with E-state index in [0.29, 0.717) is 5.13 Å². The van der Waals surface area contributed by atoms with E-state index in [4.69, 9.17) is 0 Å². The first-order chi connectivity index (χ1) is 13.4. The maximum atomic E-state index is 12.3. The topological polar surface area (TPSA) is 71.1 Å². The highest BCUT2D eigenvalue weighted by atomic mass is 32.2. The van der Waals surface area contributed by atoms with Crippen LogP contribution in [0, 0.1) is 13.8 Å². The van der Waals surface area contributed by atoms with Gasteiger partial charge in [0.2, 0.25) is 11.8 Å². The number of anilines is 2. The van der Waals surface area contributed by atoms with E-state index in [1.165, 1.54) is 35.6 Å². The number of carbonyl (C=O) groups is 2. The van der Waals surface area contributed by atoms with E-state index in [1.54, 1.807) is 0 Å². The van der Waals surface area contributed by atoms with Crippen LogP contribution in [-0.2, 0) is 9.59 Å². The molecule has 0 aliphatic rings. The number of hydrogen-bond donors (Lipinski definition) is 2. The molecule has 5 nitrogen and oxygen atoms in total. The van der Waals surface area contributed by atoms with Crippen LogP contribution >= 0.6 is 23.1 Å². The van der Waals surface area contributed by atoms with Crippen LogP contribution in [0.15, 0.2) is 53.4 Å². The van der Waals surface area contributed by atoms with E-state index in [9.17, 15) is 9.59 Å². The molecule has 2 amide bonds. The molecule has 3 aromatic rings. The average Bonchev–Trinajstić information content (AvgIpc) is 3.01. The third-order valence-electron chi connectivity index (χ3n) is 3.91. The molecule has 144 valence electrons. The fourth-order valence-corrected chi connectivity index (χ4v) is 4.12. The summed E-state index contributed by atoms with van der Waals surface area (Å²) in [4.78, 5) is 29.9. The van der Waals surface area contributed by atoms with Gasteiger partial charge in [-0.25, -0.2) is 4.98 Å². The molecule has 0 radical (unpaired) electrons. The summed E-state index contributed by atoms with van der Waals surface area (Å²) in [5.74, 6) is 0.0847. The van der Waals surface area contributed by atoms with Crippen molar-refractivity contribution in [3.05, 3.63) is 59.0 Å². The molecule has 0 unspecified atom stereocenters. The van der Waals surface area contributed by atoms with Crippen LogP contribution in [0.3, 0.4) is 0 Å². The van der Waals surface area contributed by atoms with E-state index < -0.39 is 0 Å². The van der Waals surface area contributed by atoms with Gasteiger partial charge in [-0.2, -0.15) is 0 Å². The van der Waals surface area contributed by atoms with Gasteiger partial charge in [0, 0.05) is 27.9 Å². The first-order valence-corrected chi connectivity index (χ1v) is 10.6. The van der Waals surface area contributed by atoms with Gasteiger partial charge in [0.15, 0.2) is 5.13 Å². The maximum Gasteiger partial charge on any atom is 0.236 e. The van der Waals surface area contributed by atoms with E-state index >= 15 is 0 Å². The highest BCUT2D eigenvalue weighted by Gasteiger charge is 2.12. The molecule has 0 saturated carbocycles. The lowest BCUT2D eigenvalue weighted by atomic mass is 10.1. The number of rotatable bonds is 6. The smallest absolute Gasteiger partial charge is 0.236 e. The summed E-state index contributed by atoms with van der Waals surface area (Å²) in [6.45, 7) is 5.53. The third kappa shape index (κ3) is 5.43. The van der Waals surface area contributed by atoms with Crippen LogP contribution in [0.2, 0.25) is 0 Å². The van der Waals surface area contributed by atoms with Gasteiger partial charge in [-0.05, 0) is 38.1 Å². The first kappa shape index (κ1) is 20.1. The van der Waals surface area contributed by atoms with Crippen molar-refractivity contribution in [2.45, 2.75) is 25.7 Å². The number of carbonyl (C=O) groups excluding carboxylic acids is 2. The SMILES string of the molecule is CC(=O)Nc1ccc(SCC(=O)Nc2nc(-c3ccc(C)cc3)c(C)s2)cc1. The highest BCUT2D eigenvalue weighted by Crippen LogP contribution is 2.30. The van der Waals surface area contributed by atoms with Gasteiger partial charge in [0.25, 0.3) is 0 Å². The minimum Gasteiger partial charge on any atom is -0.326 e. The lowest BCUT2D eigenvalue weighted by molar-refractivity contribution is -0.114. The summed E-state index contributed by atoms with van der Waals surface area (Å²) >= 11 is 2.91. The minimum atomic E-state index is -0.108. The van der Waals surface area contributed by atoms with Crippen molar-refractivity contribution >= 4 is 45.7 Å². The molecule has 0 spiro atoms. The Kier molecular flexibility index (Phi) is 6.49. The predicted octanol–water partition coefficient (Wildman–Crippen LogP) is 5.12. The Balaban J connectivity index is 1.57. The monoisotopic (exact) mass is 411 g/mol. The maximum absolute atomic E-state index is 12.3. The van der Waals surface area contributed by atoms with E-state index in [2.05, 4.69) is 27.8 Å². The molecule has 0 saturated heterocycles. The number of benzene rings is 2. The number of nitrogens with one attached hydrogen (secondary N) is 2. The van der Waals surface area contributed by atoms with Crippen molar-refractivity contribution in [3.63, 3.8) is 0 Å². The fraction of sp³-hybridized carbons (Fsp3) is 0.190. The second-order valence-electron chi connectivity index (χ2n) is 6.33. The predicted molar refractivity (Wildman–Crippen MR) is 117 cm³/mol. The van der Waals surface area contributed by atoms with Gasteiger partial charge >= 0.3 is 0 Å². The molecule has 1 heterocycles. The number of aryl methyl sites for hydroxylation is 2. The van der Waals surface area contributed by atoms with Gasteiger partial charge in [-0.3, -0.25) is 9.59 Å². The van der Waals surface area contributed by atoms with Crippen molar-refractivity contribution in [1.29, 1.82) is 0 Å². The van der Waals surface area contributed by atoms with Crippen molar-refractivity contribution in [2.75, 3.05) is 16.4 Å². The Morgan fingerprint density at radius 3 is 2.32 bits per heavy atom. The molecule has 7 heteroatoms. The standard InChI is InChI=1S/C21H21N3O2S2/c1-13-4-6-16(7-5-13)20-14(2)28-21(24-20)23-19(26)12-27-18-10-8-17(9-11-18)22-15(3)25/h4-11H,12H2,1-3H3,(H,22,25)(H,23,24,26). The van der Waals surface area contributed by atoms with Crippen LogP contribution in [0.5, 0.6) is 0 Å². The molecule has 0 aliphatic heterocycles. The summed E-state index contributed by atoms with van der Waals surface area (Å²) in [6, 6.07) is 15.6. The van der Waals surface area contributed by atoms with Gasteiger partial charge in [-0.1, -0.05) is 29.8 Å². The Morgan fingerprint density at radius 2 is 1.68 bits per heavy atom. The van der Waals surface area contributed by atoms with Gasteiger partial charge in [-0.15, -0.1) is 23.1 Å². The second kappa shape index (κ2) is 9.03. The number of nitrogens with zero attached hydrogens (tertiary/aromatic N) is 1. The van der Waals surface area contributed by atoms with E-state index in [1.807, 2.05) is 50.2 Å². The Hall–Kier alpha value is -2.64. The Morgan fingerprint density at radius 1 is 1.00 bits per heavy atom. The quantitative estimate of drug-likeness (QED) is 0.553. The van der Waals surface area contributed by atoms with Gasteiger partial charge in [0.1, 0.15) is 0 Å². The van der Waals surface area contributed by atoms with Gasteiger partial charge in [0.05, 0.1) is 11.4 Å². The molecule has 28 heavy (non-hydrogen) atoms. The van der Waals surface area contributed by atoms with Crippen LogP contribution in [0.25, 0.3) is 11.3 Å². The van der Waals surface area contributed by atoms with E-state index in [-0.39, 0.29) is 17.6 Å². The molecule has 3 rings (SSSR count). The zero-order chi connectivity index (χ0) is 20.1. The van der Waals surface area contributed by atoms with E-state index in [0.717, 1.165) is 26.7 Å². The lowest BCUT2D eigenvalue weighted by Gasteiger charge is -2.05. The normalized spacial score (nSPS) is 10.5. The molecule has 0 fully saturated rings. The molecule has 0 atom stereocenters. The molecular weight excluding hydrogens is 390 g/mol. The van der Waals surface area contributed by atoms with Crippen molar-refractivity contribution in [1.82, 2.24) is 4.98 Å². The van der Waals surface area contributed by atoms with Crippen molar-refractivity contribution in [2.24, 2.45) is 0 Å². The number of thiazole rings is 1. The molecule has 0 aliphatic carbocycles. The molecular formula is C21H21N3O2S2. The van der Waals surface area contributed by atoms with Gasteiger partial charge < -0.3 is 10.6 Å². The fourth-order valence-electron chi connectivity index (χ4n) is 2.57. The lowest BCUT2D eigenvalue weighted by Crippen LogP contribution is -2.13. The van der Waals surface area contributed by atoms with Crippen LogP contribution < -0.4 is 10.6 Å². The number of hydrogen-bond acceptors (Lipinski definition) is 5. The van der Waals surface area contributed by atoms with Crippen LogP contribution in [0.4, 0.5) is 10.8 Å². The first-order valence-electron chi connectivity index (χ1n) is 8.75. The number of amides is 2. The van der Waals surface area contributed by atoms with Crippen molar-refractivity contribution < 1.29 is 9.59 Å². The Bertz CT molecular complexity index is 980. The summed E-state index contributed by atoms with van der Waals surface area (Å²) in [7, 11) is 0. The molecule has 1 aromatic heterocycles. The summed E-state index contributed by atoms with van der Waals surface area (Å²) in [5.41, 5.74) is 3.89. The van der Waals surface area contributed by atoms with Crippen molar-refractivity contribution in [3.8, 4) is 11.3 Å². The molecule has 0 bridgehead atoms. The zero-order valence-electron chi connectivity index (χ0n) is 15.9. The third-order valence-corrected chi connectivity index (χ3v) is 5.81.